The van der Waals surface area contributed by atoms with Crippen molar-refractivity contribution in [2.75, 3.05) is 25.1 Å². The summed E-state index contributed by atoms with van der Waals surface area (Å²) in [5.74, 6) is 0.647. The Labute approximate surface area is 110 Å². The average molecular weight is 295 g/mol. The summed E-state index contributed by atoms with van der Waals surface area (Å²) in [7, 11) is 0. The molecule has 0 radical (unpaired) electrons. The Morgan fingerprint density at radius 2 is 2.18 bits per heavy atom. The van der Waals surface area contributed by atoms with Gasteiger partial charge in [-0.05, 0) is 37.0 Å². The molecule has 17 heavy (non-hydrogen) atoms. The predicted molar refractivity (Wildman–Crippen MR) is 70.9 cm³/mol. The van der Waals surface area contributed by atoms with Crippen LogP contribution >= 0.6 is 15.9 Å². The summed E-state index contributed by atoms with van der Waals surface area (Å²) < 4.78 is 6.32. The maximum atomic E-state index is 9.02. The molecule has 90 valence electrons. The number of nitrogens with one attached hydrogen (secondary N) is 1. The van der Waals surface area contributed by atoms with Gasteiger partial charge in [0.25, 0.3) is 0 Å². The monoisotopic (exact) mass is 294 g/mol. The normalized spacial score (nSPS) is 16.5. The summed E-state index contributed by atoms with van der Waals surface area (Å²) in [6.45, 7) is 2.63. The van der Waals surface area contributed by atoms with Gasteiger partial charge in [-0.1, -0.05) is 15.9 Å². The van der Waals surface area contributed by atoms with E-state index in [4.69, 9.17) is 10.00 Å². The number of ether oxygens (including phenoxy) is 1. The van der Waals surface area contributed by atoms with E-state index in [1.807, 2.05) is 18.2 Å². The fraction of sp³-hybridized carbons (Fsp3) is 0.462. The van der Waals surface area contributed by atoms with Gasteiger partial charge < -0.3 is 10.1 Å². The Morgan fingerprint density at radius 3 is 2.88 bits per heavy atom. The second-order valence-electron chi connectivity index (χ2n) is 4.24. The van der Waals surface area contributed by atoms with Crippen LogP contribution in [0.25, 0.3) is 0 Å². The molecular formula is C13H15BrN2O. The first-order valence-electron chi connectivity index (χ1n) is 5.81. The van der Waals surface area contributed by atoms with Gasteiger partial charge in [0.05, 0.1) is 11.3 Å². The number of halogens is 1. The Kier molecular flexibility index (Phi) is 4.41. The van der Waals surface area contributed by atoms with Crippen LogP contribution in [0.4, 0.5) is 5.69 Å². The van der Waals surface area contributed by atoms with Crippen molar-refractivity contribution in [2.45, 2.75) is 12.8 Å². The molecule has 1 fully saturated rings. The molecule has 0 bridgehead atoms. The summed E-state index contributed by atoms with van der Waals surface area (Å²) in [4.78, 5) is 0. The molecule has 0 spiro atoms. The minimum Gasteiger partial charge on any atom is -0.384 e. The van der Waals surface area contributed by atoms with E-state index >= 15 is 0 Å². The summed E-state index contributed by atoms with van der Waals surface area (Å²) >= 11 is 3.42. The molecule has 3 nitrogen and oxygen atoms in total. The highest BCUT2D eigenvalue weighted by Crippen LogP contribution is 2.22. The topological polar surface area (TPSA) is 45.0 Å². The molecule has 0 unspecified atom stereocenters. The first kappa shape index (κ1) is 12.4. The van der Waals surface area contributed by atoms with Gasteiger partial charge in [-0.25, -0.2) is 0 Å². The number of hydrogen-bond acceptors (Lipinski definition) is 3. The summed E-state index contributed by atoms with van der Waals surface area (Å²) in [6, 6.07) is 7.88. The zero-order valence-corrected chi connectivity index (χ0v) is 11.2. The maximum Gasteiger partial charge on any atom is 0.101 e. The molecule has 2 rings (SSSR count). The minimum atomic E-state index is 0.647. The molecule has 1 aromatic rings. The number of nitrogens with zero attached hydrogens (tertiary/aromatic N) is 1. The lowest BCUT2D eigenvalue weighted by atomic mass is 10.0. The third kappa shape index (κ3) is 3.45. The van der Waals surface area contributed by atoms with Crippen molar-refractivity contribution in [1.29, 1.82) is 5.26 Å². The summed E-state index contributed by atoms with van der Waals surface area (Å²) in [6.07, 6.45) is 2.20. The summed E-state index contributed by atoms with van der Waals surface area (Å²) in [5.41, 5.74) is 1.61. The average Bonchev–Trinajstić information content (AvgIpc) is 2.38. The standard InChI is InChI=1S/C13H15BrN2O/c14-12-2-1-11(8-15)13(7-12)16-9-10-3-5-17-6-4-10/h1-2,7,10,16H,3-6,9H2. The largest absolute Gasteiger partial charge is 0.384 e. The van der Waals surface area contributed by atoms with E-state index in [1.54, 1.807) is 0 Å². The van der Waals surface area contributed by atoms with E-state index in [9.17, 15) is 0 Å². The van der Waals surface area contributed by atoms with Crippen LogP contribution in [0.3, 0.4) is 0 Å². The molecule has 1 aliphatic rings. The van der Waals surface area contributed by atoms with Gasteiger partial charge in [-0.2, -0.15) is 5.26 Å². The maximum absolute atomic E-state index is 9.02. The molecule has 1 saturated heterocycles. The van der Waals surface area contributed by atoms with Crippen molar-refractivity contribution >= 4 is 21.6 Å². The van der Waals surface area contributed by atoms with Crippen LogP contribution in [-0.2, 0) is 4.74 Å². The smallest absolute Gasteiger partial charge is 0.101 e. The fourth-order valence-electron chi connectivity index (χ4n) is 1.97. The molecule has 1 N–H and O–H groups in total. The van der Waals surface area contributed by atoms with E-state index < -0.39 is 0 Å². The molecule has 0 aromatic heterocycles. The number of rotatable bonds is 3. The Morgan fingerprint density at radius 1 is 1.41 bits per heavy atom. The van der Waals surface area contributed by atoms with E-state index in [2.05, 4.69) is 27.3 Å². The zero-order chi connectivity index (χ0) is 12.1. The van der Waals surface area contributed by atoms with Gasteiger partial charge in [-0.3, -0.25) is 0 Å². The first-order chi connectivity index (χ1) is 8.29. The Balaban J connectivity index is 1.98. The van der Waals surface area contributed by atoms with Crippen molar-refractivity contribution in [3.8, 4) is 6.07 Å². The quantitative estimate of drug-likeness (QED) is 0.931. The van der Waals surface area contributed by atoms with Crippen molar-refractivity contribution < 1.29 is 4.74 Å². The van der Waals surface area contributed by atoms with Gasteiger partial charge in [0, 0.05) is 24.2 Å². The van der Waals surface area contributed by atoms with Crippen molar-refractivity contribution in [2.24, 2.45) is 5.92 Å². The highest BCUT2D eigenvalue weighted by atomic mass is 79.9. The lowest BCUT2D eigenvalue weighted by molar-refractivity contribution is 0.0699. The lowest BCUT2D eigenvalue weighted by Crippen LogP contribution is -2.22. The molecule has 0 atom stereocenters. The lowest BCUT2D eigenvalue weighted by Gasteiger charge is -2.23. The van der Waals surface area contributed by atoms with Crippen LogP contribution < -0.4 is 5.32 Å². The fourth-order valence-corrected chi connectivity index (χ4v) is 2.33. The van der Waals surface area contributed by atoms with E-state index in [0.717, 1.165) is 42.8 Å². The van der Waals surface area contributed by atoms with E-state index in [-0.39, 0.29) is 0 Å². The Hall–Kier alpha value is -1.05. The predicted octanol–water partition coefficient (Wildman–Crippen LogP) is 3.16. The zero-order valence-electron chi connectivity index (χ0n) is 9.58. The van der Waals surface area contributed by atoms with Crippen LogP contribution in [0, 0.1) is 17.2 Å². The van der Waals surface area contributed by atoms with Gasteiger partial charge in [-0.15, -0.1) is 0 Å². The second kappa shape index (κ2) is 6.04. The molecule has 4 heteroatoms. The number of nitriles is 1. The molecule has 0 saturated carbocycles. The highest BCUT2D eigenvalue weighted by Gasteiger charge is 2.14. The SMILES string of the molecule is N#Cc1ccc(Br)cc1NCC1CCOCC1. The molecule has 0 amide bonds. The molecule has 0 aliphatic carbocycles. The molecule has 1 heterocycles. The molecule has 1 aliphatic heterocycles. The highest BCUT2D eigenvalue weighted by molar-refractivity contribution is 9.10. The van der Waals surface area contributed by atoms with Crippen molar-refractivity contribution in [3.63, 3.8) is 0 Å². The van der Waals surface area contributed by atoms with Crippen LogP contribution in [0.2, 0.25) is 0 Å². The number of anilines is 1. The third-order valence-corrected chi connectivity index (χ3v) is 3.52. The molecule has 1 aromatic carbocycles. The van der Waals surface area contributed by atoms with Crippen LogP contribution in [-0.4, -0.2) is 19.8 Å². The molecular weight excluding hydrogens is 280 g/mol. The van der Waals surface area contributed by atoms with Crippen molar-refractivity contribution in [3.05, 3.63) is 28.2 Å². The van der Waals surface area contributed by atoms with E-state index in [0.29, 0.717) is 11.5 Å². The van der Waals surface area contributed by atoms with Gasteiger partial charge >= 0.3 is 0 Å². The van der Waals surface area contributed by atoms with Crippen LogP contribution in [0.15, 0.2) is 22.7 Å². The third-order valence-electron chi connectivity index (χ3n) is 3.02. The Bertz CT molecular complexity index is 422. The number of hydrogen-bond donors (Lipinski definition) is 1. The summed E-state index contributed by atoms with van der Waals surface area (Å²) in [5, 5.41) is 12.4. The van der Waals surface area contributed by atoms with E-state index in [1.165, 1.54) is 0 Å². The first-order valence-corrected chi connectivity index (χ1v) is 6.60. The van der Waals surface area contributed by atoms with Crippen LogP contribution in [0.5, 0.6) is 0 Å². The van der Waals surface area contributed by atoms with Gasteiger partial charge in [0.1, 0.15) is 6.07 Å². The van der Waals surface area contributed by atoms with Gasteiger partial charge in [0.2, 0.25) is 0 Å². The number of benzene rings is 1. The van der Waals surface area contributed by atoms with Crippen LogP contribution in [0.1, 0.15) is 18.4 Å². The van der Waals surface area contributed by atoms with Crippen molar-refractivity contribution in [1.82, 2.24) is 0 Å². The van der Waals surface area contributed by atoms with Gasteiger partial charge in [0.15, 0.2) is 0 Å². The minimum absolute atomic E-state index is 0.647. The second-order valence-corrected chi connectivity index (χ2v) is 5.15.